The van der Waals surface area contributed by atoms with Gasteiger partial charge < -0.3 is 15.0 Å². The van der Waals surface area contributed by atoms with Crippen molar-refractivity contribution in [2.45, 2.75) is 18.9 Å². The third-order valence-corrected chi connectivity index (χ3v) is 4.45. The molecule has 1 aromatic carbocycles. The number of carbonyl (C=O) groups excluding carboxylic acids is 2. The molecule has 2 aliphatic heterocycles. The molecule has 2 amide bonds. The monoisotopic (exact) mass is 326 g/mol. The highest BCUT2D eigenvalue weighted by Gasteiger charge is 2.29. The van der Waals surface area contributed by atoms with Crippen LogP contribution in [0.4, 0.5) is 5.69 Å². The average Bonchev–Trinajstić information content (AvgIpc) is 3.15. The predicted molar refractivity (Wildman–Crippen MR) is 87.0 cm³/mol. The van der Waals surface area contributed by atoms with Crippen LogP contribution in [0.15, 0.2) is 36.7 Å². The topological polar surface area (TPSA) is 76.5 Å². The zero-order chi connectivity index (χ0) is 16.5. The third kappa shape index (κ3) is 2.62. The van der Waals surface area contributed by atoms with Crippen LogP contribution in [0, 0.1) is 0 Å². The number of benzene rings is 1. The fraction of sp³-hybridized carbons (Fsp3) is 0.353. The van der Waals surface area contributed by atoms with Crippen molar-refractivity contribution in [3.63, 3.8) is 0 Å². The van der Waals surface area contributed by atoms with E-state index in [0.717, 1.165) is 12.8 Å². The van der Waals surface area contributed by atoms with E-state index >= 15 is 0 Å². The number of carbonyl (C=O) groups is 2. The number of rotatable bonds is 2. The Morgan fingerprint density at radius 1 is 1.33 bits per heavy atom. The summed E-state index contributed by atoms with van der Waals surface area (Å²) in [5.74, 6) is 0.187. The smallest absolute Gasteiger partial charge is 0.262 e. The van der Waals surface area contributed by atoms with Crippen LogP contribution in [-0.2, 0) is 4.79 Å². The highest BCUT2D eigenvalue weighted by Crippen LogP contribution is 2.33. The van der Waals surface area contributed by atoms with Crippen LogP contribution >= 0.6 is 0 Å². The Morgan fingerprint density at radius 3 is 3.08 bits per heavy atom. The van der Waals surface area contributed by atoms with Crippen molar-refractivity contribution in [3.05, 3.63) is 42.2 Å². The fourth-order valence-corrected chi connectivity index (χ4v) is 3.31. The van der Waals surface area contributed by atoms with Crippen molar-refractivity contribution < 1.29 is 14.3 Å². The summed E-state index contributed by atoms with van der Waals surface area (Å²) in [6.45, 7) is 1.27. The molecule has 1 fully saturated rings. The number of nitrogens with zero attached hydrogens (tertiary/aromatic N) is 3. The van der Waals surface area contributed by atoms with Gasteiger partial charge in [0.05, 0.1) is 17.3 Å². The second-order valence-electron chi connectivity index (χ2n) is 6.05. The summed E-state index contributed by atoms with van der Waals surface area (Å²) in [7, 11) is 0. The lowest BCUT2D eigenvalue weighted by molar-refractivity contribution is -0.118. The first kappa shape index (κ1) is 14.7. The van der Waals surface area contributed by atoms with Crippen molar-refractivity contribution in [2.24, 2.45) is 0 Å². The SMILES string of the molecule is O=C1COc2c(cccc2C(=O)N2CCC[C@@H](n3cccn3)C2)N1. The first-order chi connectivity index (χ1) is 11.7. The second-order valence-corrected chi connectivity index (χ2v) is 6.05. The van der Waals surface area contributed by atoms with E-state index in [1.807, 2.05) is 21.8 Å². The fourth-order valence-electron chi connectivity index (χ4n) is 3.31. The zero-order valence-corrected chi connectivity index (χ0v) is 13.1. The summed E-state index contributed by atoms with van der Waals surface area (Å²) in [6, 6.07) is 7.33. The highest BCUT2D eigenvalue weighted by molar-refractivity contribution is 6.03. The lowest BCUT2D eigenvalue weighted by atomic mass is 10.0. The molecule has 24 heavy (non-hydrogen) atoms. The molecule has 7 nitrogen and oxygen atoms in total. The number of para-hydroxylation sites is 1. The van der Waals surface area contributed by atoms with Gasteiger partial charge in [0.1, 0.15) is 0 Å². The molecule has 7 heteroatoms. The molecule has 3 heterocycles. The minimum Gasteiger partial charge on any atom is -0.481 e. The van der Waals surface area contributed by atoms with Gasteiger partial charge in [-0.3, -0.25) is 14.3 Å². The maximum atomic E-state index is 13.0. The number of likely N-dealkylation sites (tertiary alicyclic amines) is 1. The van der Waals surface area contributed by atoms with E-state index in [9.17, 15) is 9.59 Å². The first-order valence-electron chi connectivity index (χ1n) is 8.06. The molecule has 0 unspecified atom stereocenters. The van der Waals surface area contributed by atoms with Crippen molar-refractivity contribution in [1.82, 2.24) is 14.7 Å². The molecule has 0 bridgehead atoms. The molecule has 0 spiro atoms. The maximum absolute atomic E-state index is 13.0. The van der Waals surface area contributed by atoms with Gasteiger partial charge in [-0.1, -0.05) is 6.07 Å². The zero-order valence-electron chi connectivity index (χ0n) is 13.1. The Kier molecular flexibility index (Phi) is 3.68. The van der Waals surface area contributed by atoms with Gasteiger partial charge in [-0.2, -0.15) is 5.10 Å². The molecule has 4 rings (SSSR count). The minimum atomic E-state index is -0.205. The number of ether oxygens (including phenoxy) is 1. The molecule has 1 atom stereocenters. The van der Waals surface area contributed by atoms with Gasteiger partial charge >= 0.3 is 0 Å². The van der Waals surface area contributed by atoms with E-state index in [1.54, 1.807) is 24.4 Å². The lowest BCUT2D eigenvalue weighted by Gasteiger charge is -2.33. The van der Waals surface area contributed by atoms with Gasteiger partial charge in [-0.25, -0.2) is 0 Å². The number of hydrogen-bond acceptors (Lipinski definition) is 4. The standard InChI is InChI=1S/C17H18N4O3/c22-15-11-24-16-13(5-1-6-14(16)19-15)17(23)20-8-2-4-12(10-20)21-9-3-7-18-21/h1,3,5-7,9,12H,2,4,8,10-11H2,(H,19,22)/t12-/m1/s1. The molecule has 124 valence electrons. The Balaban J connectivity index is 1.58. The highest BCUT2D eigenvalue weighted by atomic mass is 16.5. The maximum Gasteiger partial charge on any atom is 0.262 e. The normalized spacial score (nSPS) is 20.1. The van der Waals surface area contributed by atoms with Crippen molar-refractivity contribution in [2.75, 3.05) is 25.0 Å². The molecule has 2 aliphatic rings. The largest absolute Gasteiger partial charge is 0.481 e. The van der Waals surface area contributed by atoms with E-state index < -0.39 is 0 Å². The van der Waals surface area contributed by atoms with Crippen molar-refractivity contribution in [1.29, 1.82) is 0 Å². The second kappa shape index (κ2) is 5.99. The van der Waals surface area contributed by atoms with Gasteiger partial charge in [0, 0.05) is 25.5 Å². The van der Waals surface area contributed by atoms with E-state index in [-0.39, 0.29) is 24.5 Å². The summed E-state index contributed by atoms with van der Waals surface area (Å²) in [5.41, 5.74) is 1.05. The molecule has 1 saturated heterocycles. The van der Waals surface area contributed by atoms with Crippen molar-refractivity contribution in [3.8, 4) is 5.75 Å². The average molecular weight is 326 g/mol. The van der Waals surface area contributed by atoms with Gasteiger partial charge in [0.2, 0.25) is 0 Å². The Labute approximate surface area is 139 Å². The minimum absolute atomic E-state index is 0.0623. The molecule has 0 radical (unpaired) electrons. The molecule has 2 aromatic rings. The number of amides is 2. The number of aromatic nitrogens is 2. The quantitative estimate of drug-likeness (QED) is 0.911. The summed E-state index contributed by atoms with van der Waals surface area (Å²) in [6.07, 6.45) is 5.63. The number of piperidine rings is 1. The summed E-state index contributed by atoms with van der Waals surface area (Å²) in [5, 5.41) is 7.03. The van der Waals surface area contributed by atoms with Gasteiger partial charge in [-0.15, -0.1) is 0 Å². The Morgan fingerprint density at radius 2 is 2.25 bits per heavy atom. The Bertz CT molecular complexity index is 772. The number of fused-ring (bicyclic) bond motifs is 1. The molecular formula is C17H18N4O3. The van der Waals surface area contributed by atoms with Crippen LogP contribution in [-0.4, -0.2) is 46.2 Å². The van der Waals surface area contributed by atoms with Gasteiger partial charge in [0.25, 0.3) is 11.8 Å². The number of nitrogens with one attached hydrogen (secondary N) is 1. The van der Waals surface area contributed by atoms with Crippen LogP contribution in [0.1, 0.15) is 29.2 Å². The molecule has 0 aliphatic carbocycles. The van der Waals surface area contributed by atoms with Crippen LogP contribution in [0.5, 0.6) is 5.75 Å². The van der Waals surface area contributed by atoms with Crippen LogP contribution in [0.25, 0.3) is 0 Å². The van der Waals surface area contributed by atoms with E-state index in [0.29, 0.717) is 30.1 Å². The summed E-state index contributed by atoms with van der Waals surface area (Å²) < 4.78 is 7.41. The first-order valence-corrected chi connectivity index (χ1v) is 8.06. The number of anilines is 1. The van der Waals surface area contributed by atoms with Crippen LogP contribution in [0.3, 0.4) is 0 Å². The Hall–Kier alpha value is -2.83. The molecule has 1 N–H and O–H groups in total. The third-order valence-electron chi connectivity index (χ3n) is 4.45. The van der Waals surface area contributed by atoms with E-state index in [4.69, 9.17) is 4.74 Å². The predicted octanol–water partition coefficient (Wildman–Crippen LogP) is 1.69. The van der Waals surface area contributed by atoms with Crippen molar-refractivity contribution >= 4 is 17.5 Å². The molecular weight excluding hydrogens is 308 g/mol. The lowest BCUT2D eigenvalue weighted by Crippen LogP contribution is -2.41. The van der Waals surface area contributed by atoms with Crippen LogP contribution in [0.2, 0.25) is 0 Å². The van der Waals surface area contributed by atoms with E-state index in [1.165, 1.54) is 0 Å². The summed E-state index contributed by atoms with van der Waals surface area (Å²) >= 11 is 0. The van der Waals surface area contributed by atoms with Gasteiger partial charge in [0.15, 0.2) is 12.4 Å². The molecule has 0 saturated carbocycles. The van der Waals surface area contributed by atoms with E-state index in [2.05, 4.69) is 10.4 Å². The molecule has 1 aromatic heterocycles. The summed E-state index contributed by atoms with van der Waals surface area (Å²) in [4.78, 5) is 26.3. The van der Waals surface area contributed by atoms with Gasteiger partial charge in [-0.05, 0) is 31.0 Å². The van der Waals surface area contributed by atoms with Crippen LogP contribution < -0.4 is 10.1 Å². The number of hydrogen-bond donors (Lipinski definition) is 1.